The molecule has 2 nitrogen and oxygen atoms in total. The maximum absolute atomic E-state index is 12.9. The zero-order valence-electron chi connectivity index (χ0n) is 12.9. The van der Waals surface area contributed by atoms with E-state index in [-0.39, 0.29) is 11.6 Å². The summed E-state index contributed by atoms with van der Waals surface area (Å²) < 4.78 is 31.1. The van der Waals surface area contributed by atoms with Crippen molar-refractivity contribution in [2.45, 2.75) is 20.7 Å². The molecule has 25 heavy (non-hydrogen) atoms. The highest BCUT2D eigenvalue weighted by molar-refractivity contribution is 8.00. The Morgan fingerprint density at radius 2 is 1.40 bits per heavy atom. The molecule has 126 valence electrons. The van der Waals surface area contributed by atoms with E-state index in [0.717, 1.165) is 15.3 Å². The lowest BCUT2D eigenvalue weighted by molar-refractivity contribution is 0.627. The van der Waals surface area contributed by atoms with Crippen LogP contribution in [0, 0.1) is 23.0 Å². The van der Waals surface area contributed by atoms with Gasteiger partial charge in [-0.25, -0.2) is 8.78 Å². The standard InChI is InChI=1S/C18H12F2N2S3/c19-14-5-1-12(2-6-14)10-23-17-16(9-21)18(25-22-17)24-11-13-3-7-15(20)8-4-13/h1-8H,10-11H2. The Morgan fingerprint density at radius 3 is 1.92 bits per heavy atom. The molecule has 3 rings (SSSR count). The first-order valence-electron chi connectivity index (χ1n) is 7.30. The number of halogens is 2. The van der Waals surface area contributed by atoms with Crippen molar-refractivity contribution in [1.82, 2.24) is 4.37 Å². The van der Waals surface area contributed by atoms with E-state index in [1.54, 1.807) is 24.3 Å². The van der Waals surface area contributed by atoms with Crippen molar-refractivity contribution < 1.29 is 8.78 Å². The van der Waals surface area contributed by atoms with Gasteiger partial charge in [-0.15, -0.1) is 11.8 Å². The maximum Gasteiger partial charge on any atom is 0.129 e. The molecule has 0 saturated carbocycles. The fourth-order valence-electron chi connectivity index (χ4n) is 2.01. The van der Waals surface area contributed by atoms with Crippen LogP contribution in [-0.2, 0) is 11.5 Å². The van der Waals surface area contributed by atoms with Gasteiger partial charge in [0, 0.05) is 11.5 Å². The van der Waals surface area contributed by atoms with Crippen molar-refractivity contribution >= 4 is 35.1 Å². The minimum absolute atomic E-state index is 0.260. The molecule has 7 heteroatoms. The molecule has 0 bridgehead atoms. The van der Waals surface area contributed by atoms with Crippen LogP contribution in [0.15, 0.2) is 57.8 Å². The van der Waals surface area contributed by atoms with Crippen LogP contribution in [0.25, 0.3) is 0 Å². The lowest BCUT2D eigenvalue weighted by Crippen LogP contribution is -1.84. The number of hydrogen-bond acceptors (Lipinski definition) is 5. The van der Waals surface area contributed by atoms with E-state index in [1.165, 1.54) is 59.3 Å². The quantitative estimate of drug-likeness (QED) is 0.493. The first kappa shape index (κ1) is 17.9. The van der Waals surface area contributed by atoms with E-state index in [0.29, 0.717) is 22.1 Å². The van der Waals surface area contributed by atoms with Gasteiger partial charge in [0.05, 0.1) is 4.21 Å². The van der Waals surface area contributed by atoms with Crippen LogP contribution in [0.4, 0.5) is 8.78 Å². The lowest BCUT2D eigenvalue weighted by Gasteiger charge is -2.01. The highest BCUT2D eigenvalue weighted by atomic mass is 32.2. The molecule has 2 aromatic carbocycles. The Kier molecular flexibility index (Phi) is 6.08. The third-order valence-electron chi connectivity index (χ3n) is 3.31. The van der Waals surface area contributed by atoms with E-state index < -0.39 is 0 Å². The van der Waals surface area contributed by atoms with E-state index >= 15 is 0 Å². The molecule has 0 saturated heterocycles. The molecule has 0 spiro atoms. The fourth-order valence-corrected chi connectivity index (χ4v) is 5.02. The number of benzene rings is 2. The number of hydrogen-bond donors (Lipinski definition) is 0. The average Bonchev–Trinajstić information content (AvgIpc) is 3.02. The summed E-state index contributed by atoms with van der Waals surface area (Å²) in [5.41, 5.74) is 2.54. The molecular weight excluding hydrogens is 378 g/mol. The highest BCUT2D eigenvalue weighted by Gasteiger charge is 2.15. The zero-order chi connectivity index (χ0) is 17.6. The second kappa shape index (κ2) is 8.48. The molecular formula is C18H12F2N2S3. The van der Waals surface area contributed by atoms with Crippen LogP contribution in [0.1, 0.15) is 16.7 Å². The van der Waals surface area contributed by atoms with Crippen LogP contribution < -0.4 is 0 Å². The summed E-state index contributed by atoms with van der Waals surface area (Å²) in [7, 11) is 0. The molecule has 0 atom stereocenters. The first-order valence-corrected chi connectivity index (χ1v) is 10.0. The Balaban J connectivity index is 1.65. The van der Waals surface area contributed by atoms with Crippen LogP contribution in [0.5, 0.6) is 0 Å². The smallest absolute Gasteiger partial charge is 0.129 e. The molecule has 3 aromatic rings. The molecule has 0 aliphatic carbocycles. The summed E-state index contributed by atoms with van der Waals surface area (Å²) in [6.07, 6.45) is 0. The Bertz CT molecular complexity index is 817. The van der Waals surface area contributed by atoms with Crippen molar-refractivity contribution in [3.05, 3.63) is 76.9 Å². The van der Waals surface area contributed by atoms with Gasteiger partial charge >= 0.3 is 0 Å². The number of rotatable bonds is 6. The second-order valence-corrected chi connectivity index (χ2v) is 8.07. The summed E-state index contributed by atoms with van der Waals surface area (Å²) >= 11 is 4.29. The van der Waals surface area contributed by atoms with Crippen LogP contribution in [0.2, 0.25) is 0 Å². The predicted molar refractivity (Wildman–Crippen MR) is 98.8 cm³/mol. The molecule has 0 amide bonds. The third kappa shape index (κ3) is 4.82. The van der Waals surface area contributed by atoms with Gasteiger partial charge in [-0.3, -0.25) is 0 Å². The van der Waals surface area contributed by atoms with Crippen molar-refractivity contribution in [3.63, 3.8) is 0 Å². The molecule has 0 unspecified atom stereocenters. The largest absolute Gasteiger partial charge is 0.207 e. The Labute approximate surface area is 157 Å². The molecule has 1 aromatic heterocycles. The lowest BCUT2D eigenvalue weighted by atomic mass is 10.2. The maximum atomic E-state index is 12.9. The van der Waals surface area contributed by atoms with Crippen molar-refractivity contribution in [1.29, 1.82) is 5.26 Å². The number of thioether (sulfide) groups is 2. The highest BCUT2D eigenvalue weighted by Crippen LogP contribution is 2.36. The van der Waals surface area contributed by atoms with Gasteiger partial charge in [-0.05, 0) is 46.9 Å². The predicted octanol–water partition coefficient (Wildman–Crippen LogP) is 5.88. The summed E-state index contributed by atoms with van der Waals surface area (Å²) in [5.74, 6) is 0.753. The van der Waals surface area contributed by atoms with E-state index in [4.69, 9.17) is 0 Å². The molecule has 0 fully saturated rings. The monoisotopic (exact) mass is 390 g/mol. The minimum atomic E-state index is -0.264. The number of aromatic nitrogens is 1. The summed E-state index contributed by atoms with van der Waals surface area (Å²) in [6, 6.07) is 14.8. The van der Waals surface area contributed by atoms with Crippen molar-refractivity contribution in [2.24, 2.45) is 0 Å². The average molecular weight is 391 g/mol. The van der Waals surface area contributed by atoms with Crippen molar-refractivity contribution in [3.8, 4) is 6.07 Å². The SMILES string of the molecule is N#Cc1c(SCc2ccc(F)cc2)nsc1SCc1ccc(F)cc1. The summed E-state index contributed by atoms with van der Waals surface area (Å²) in [4.78, 5) is 0. The first-order chi connectivity index (χ1) is 12.2. The topological polar surface area (TPSA) is 36.7 Å². The summed E-state index contributed by atoms with van der Waals surface area (Å²) in [5, 5.41) is 10.1. The van der Waals surface area contributed by atoms with Gasteiger partial charge in [0.15, 0.2) is 0 Å². The van der Waals surface area contributed by atoms with Crippen LogP contribution in [-0.4, -0.2) is 4.37 Å². The van der Waals surface area contributed by atoms with Crippen LogP contribution >= 0.6 is 35.1 Å². The summed E-state index contributed by atoms with van der Waals surface area (Å²) in [6.45, 7) is 0. The van der Waals surface area contributed by atoms with Gasteiger partial charge in [0.2, 0.25) is 0 Å². The molecule has 1 heterocycles. The second-order valence-electron chi connectivity index (χ2n) is 5.09. The van der Waals surface area contributed by atoms with Gasteiger partial charge in [-0.1, -0.05) is 36.0 Å². The zero-order valence-corrected chi connectivity index (χ0v) is 15.4. The molecule has 0 radical (unpaired) electrons. The van der Waals surface area contributed by atoms with Gasteiger partial charge < -0.3 is 0 Å². The van der Waals surface area contributed by atoms with E-state index in [2.05, 4.69) is 10.4 Å². The molecule has 0 N–H and O–H groups in total. The Hall–Kier alpha value is -1.88. The third-order valence-corrected chi connectivity index (χ3v) is 6.64. The fraction of sp³-hybridized carbons (Fsp3) is 0.111. The molecule has 0 aliphatic heterocycles. The molecule has 0 aliphatic rings. The normalized spacial score (nSPS) is 10.6. The van der Waals surface area contributed by atoms with Crippen molar-refractivity contribution in [2.75, 3.05) is 0 Å². The van der Waals surface area contributed by atoms with Gasteiger partial charge in [0.25, 0.3) is 0 Å². The minimum Gasteiger partial charge on any atom is -0.207 e. The number of nitrogens with zero attached hydrogens (tertiary/aromatic N) is 2. The van der Waals surface area contributed by atoms with Gasteiger partial charge in [-0.2, -0.15) is 9.64 Å². The van der Waals surface area contributed by atoms with Crippen LogP contribution in [0.3, 0.4) is 0 Å². The van der Waals surface area contributed by atoms with E-state index in [1.807, 2.05) is 0 Å². The van der Waals surface area contributed by atoms with Gasteiger partial charge in [0.1, 0.15) is 28.3 Å². The Morgan fingerprint density at radius 1 is 0.880 bits per heavy atom. The number of nitriles is 1. The van der Waals surface area contributed by atoms with E-state index in [9.17, 15) is 14.0 Å².